The van der Waals surface area contributed by atoms with Gasteiger partial charge in [0.25, 0.3) is 0 Å². The van der Waals surface area contributed by atoms with E-state index in [4.69, 9.17) is 9.47 Å². The molecule has 0 fully saturated rings. The van der Waals surface area contributed by atoms with Crippen molar-refractivity contribution in [2.24, 2.45) is 4.99 Å². The molecule has 0 aromatic rings. The molecule has 0 N–H and O–H groups in total. The van der Waals surface area contributed by atoms with Crippen molar-refractivity contribution in [2.45, 2.75) is 33.1 Å². The van der Waals surface area contributed by atoms with Gasteiger partial charge in [0.1, 0.15) is 5.76 Å². The third-order valence-electron chi connectivity index (χ3n) is 2.48. The van der Waals surface area contributed by atoms with Crippen LogP contribution in [0.1, 0.15) is 33.1 Å². The lowest BCUT2D eigenvalue weighted by atomic mass is 10.1. The van der Waals surface area contributed by atoms with Crippen LogP contribution in [0.3, 0.4) is 0 Å². The van der Waals surface area contributed by atoms with E-state index in [2.05, 4.69) is 17.8 Å². The highest BCUT2D eigenvalue weighted by Crippen LogP contribution is 2.14. The number of esters is 1. The molecule has 19 heavy (non-hydrogen) atoms. The van der Waals surface area contributed by atoms with Crippen molar-refractivity contribution in [3.8, 4) is 0 Å². The van der Waals surface area contributed by atoms with Crippen LogP contribution in [0.4, 0.5) is 0 Å². The van der Waals surface area contributed by atoms with Gasteiger partial charge in [-0.25, -0.2) is 9.79 Å². The molecule has 0 spiro atoms. The molecule has 0 aromatic heterocycles. The number of rotatable bonds is 7. The maximum absolute atomic E-state index is 11.1. The molecule has 1 aliphatic carbocycles. The number of nitrogens with zero attached hydrogens (tertiary/aromatic N) is 1. The molecule has 4 nitrogen and oxygen atoms in total. The third kappa shape index (κ3) is 6.63. The summed E-state index contributed by atoms with van der Waals surface area (Å²) in [4.78, 5) is 15.3. The molecule has 1 aliphatic rings. The van der Waals surface area contributed by atoms with Crippen LogP contribution < -0.4 is 0 Å². The zero-order valence-electron chi connectivity index (χ0n) is 11.6. The van der Waals surface area contributed by atoms with Gasteiger partial charge in [-0.1, -0.05) is 13.3 Å². The quantitative estimate of drug-likeness (QED) is 0.403. The highest BCUT2D eigenvalue weighted by molar-refractivity contribution is 5.71. The molecule has 0 bridgehead atoms. The lowest BCUT2D eigenvalue weighted by molar-refractivity contribution is -0.146. The van der Waals surface area contributed by atoms with E-state index in [-0.39, 0.29) is 12.6 Å². The van der Waals surface area contributed by atoms with Crippen LogP contribution >= 0.6 is 0 Å². The van der Waals surface area contributed by atoms with Gasteiger partial charge < -0.3 is 9.47 Å². The van der Waals surface area contributed by atoms with E-state index in [1.165, 1.54) is 0 Å². The minimum atomic E-state index is -0.348. The fourth-order valence-corrected chi connectivity index (χ4v) is 1.46. The Bertz CT molecular complexity index is 415. The minimum Gasteiger partial charge on any atom is -0.482 e. The number of hydrogen-bond donors (Lipinski definition) is 0. The summed E-state index contributed by atoms with van der Waals surface area (Å²) < 4.78 is 10.1. The van der Waals surface area contributed by atoms with Crippen molar-refractivity contribution >= 4 is 11.8 Å². The summed E-state index contributed by atoms with van der Waals surface area (Å²) in [7, 11) is 0. The van der Waals surface area contributed by atoms with Crippen molar-refractivity contribution in [3.05, 3.63) is 29.6 Å². The van der Waals surface area contributed by atoms with Crippen LogP contribution in [-0.4, -0.2) is 31.6 Å². The lowest BCUT2D eigenvalue weighted by Crippen LogP contribution is -2.12. The Kier molecular flexibility index (Phi) is 7.37. The molecule has 0 saturated carbocycles. The zero-order valence-corrected chi connectivity index (χ0v) is 11.6. The molecule has 4 heteroatoms. The molecule has 0 unspecified atom stereocenters. The second-order valence-corrected chi connectivity index (χ2v) is 4.11. The number of carbonyl (C=O) groups is 1. The maximum atomic E-state index is 11.1. The van der Waals surface area contributed by atoms with E-state index in [9.17, 15) is 4.79 Å². The molecule has 104 valence electrons. The van der Waals surface area contributed by atoms with Gasteiger partial charge in [-0.2, -0.15) is 0 Å². The standard InChI is InChI=1S/C15H21NO3/c1-3-5-10-16-11-13-6-8-14(9-7-13)19-12-15(17)18-4-2/h6,8-9H,3-5,7,10,12H2,1-2H3. The van der Waals surface area contributed by atoms with Crippen molar-refractivity contribution in [2.75, 3.05) is 19.8 Å². The van der Waals surface area contributed by atoms with Gasteiger partial charge in [-0.3, -0.25) is 0 Å². The molecular weight excluding hydrogens is 242 g/mol. The monoisotopic (exact) mass is 263 g/mol. The summed E-state index contributed by atoms with van der Waals surface area (Å²) >= 11 is 0. The fourth-order valence-electron chi connectivity index (χ4n) is 1.46. The first-order valence-corrected chi connectivity index (χ1v) is 6.71. The largest absolute Gasteiger partial charge is 0.482 e. The molecule has 0 aromatic carbocycles. The van der Waals surface area contributed by atoms with Gasteiger partial charge in [0, 0.05) is 18.5 Å². The summed E-state index contributed by atoms with van der Waals surface area (Å²) in [5, 5.41) is 0. The van der Waals surface area contributed by atoms with E-state index in [1.54, 1.807) is 6.92 Å². The summed E-state index contributed by atoms with van der Waals surface area (Å²) in [6, 6.07) is 0. The lowest BCUT2D eigenvalue weighted by Gasteiger charge is -2.09. The van der Waals surface area contributed by atoms with E-state index in [0.717, 1.165) is 31.4 Å². The minimum absolute atomic E-state index is 0.0480. The number of hydrogen-bond acceptors (Lipinski definition) is 4. The van der Waals surface area contributed by atoms with Crippen molar-refractivity contribution < 1.29 is 14.3 Å². The van der Waals surface area contributed by atoms with Gasteiger partial charge in [0.15, 0.2) is 6.61 Å². The number of ether oxygens (including phenoxy) is 2. The zero-order chi connectivity index (χ0) is 13.9. The molecule has 0 radical (unpaired) electrons. The number of unbranched alkanes of at least 4 members (excludes halogenated alkanes) is 1. The maximum Gasteiger partial charge on any atom is 0.344 e. The van der Waals surface area contributed by atoms with Crippen LogP contribution in [0, 0.1) is 0 Å². The molecule has 1 rings (SSSR count). The summed E-state index contributed by atoms with van der Waals surface area (Å²) in [6.45, 7) is 5.06. The SMILES string of the molecule is CCCCN=C=C1C=CC(OCC(=O)OCC)=CC1. The van der Waals surface area contributed by atoms with Crippen molar-refractivity contribution in [1.82, 2.24) is 0 Å². The Morgan fingerprint density at radius 1 is 1.42 bits per heavy atom. The van der Waals surface area contributed by atoms with Crippen LogP contribution in [0.15, 0.2) is 34.6 Å². The Morgan fingerprint density at radius 3 is 2.89 bits per heavy atom. The topological polar surface area (TPSA) is 47.9 Å². The van der Waals surface area contributed by atoms with E-state index in [0.29, 0.717) is 12.4 Å². The van der Waals surface area contributed by atoms with Crippen molar-refractivity contribution in [1.29, 1.82) is 0 Å². The Hall–Kier alpha value is -1.80. The van der Waals surface area contributed by atoms with Crippen LogP contribution in [0.25, 0.3) is 0 Å². The number of aliphatic imine (C=N–C) groups is 1. The molecule has 0 heterocycles. The third-order valence-corrected chi connectivity index (χ3v) is 2.48. The summed E-state index contributed by atoms with van der Waals surface area (Å²) in [5.41, 5.74) is 1.03. The second-order valence-electron chi connectivity index (χ2n) is 4.11. The Balaban J connectivity index is 2.36. The molecule has 0 aliphatic heterocycles. The summed E-state index contributed by atoms with van der Waals surface area (Å²) in [5.74, 6) is 3.36. The smallest absolute Gasteiger partial charge is 0.344 e. The molecule has 0 amide bonds. The van der Waals surface area contributed by atoms with Gasteiger partial charge in [-0.15, -0.1) is 0 Å². The Morgan fingerprint density at radius 2 is 2.26 bits per heavy atom. The highest BCUT2D eigenvalue weighted by atomic mass is 16.6. The average Bonchev–Trinajstić information content (AvgIpc) is 2.43. The van der Waals surface area contributed by atoms with E-state index < -0.39 is 0 Å². The first-order chi connectivity index (χ1) is 9.26. The Labute approximate surface area is 114 Å². The molecule has 0 atom stereocenters. The first-order valence-electron chi connectivity index (χ1n) is 6.71. The second kappa shape index (κ2) is 9.17. The molecule has 0 saturated heterocycles. The van der Waals surface area contributed by atoms with Crippen LogP contribution in [-0.2, 0) is 14.3 Å². The first kappa shape index (κ1) is 15.3. The van der Waals surface area contributed by atoms with Crippen molar-refractivity contribution in [3.63, 3.8) is 0 Å². The predicted octanol–water partition coefficient (Wildman–Crippen LogP) is 2.81. The fraction of sp³-hybridized carbons (Fsp3) is 0.533. The van der Waals surface area contributed by atoms with Gasteiger partial charge in [0.05, 0.1) is 6.61 Å². The van der Waals surface area contributed by atoms with Gasteiger partial charge >= 0.3 is 5.97 Å². The predicted molar refractivity (Wildman–Crippen MR) is 75.1 cm³/mol. The normalized spacial score (nSPS) is 13.6. The van der Waals surface area contributed by atoms with Gasteiger partial charge in [0.2, 0.25) is 0 Å². The number of allylic oxidation sites excluding steroid dienone is 4. The van der Waals surface area contributed by atoms with E-state index in [1.807, 2.05) is 18.2 Å². The number of carbonyl (C=O) groups excluding carboxylic acids is 1. The summed E-state index contributed by atoms with van der Waals surface area (Å²) in [6.07, 6.45) is 8.60. The van der Waals surface area contributed by atoms with Crippen LogP contribution in [0.5, 0.6) is 0 Å². The molecular formula is C15H21NO3. The van der Waals surface area contributed by atoms with Crippen LogP contribution in [0.2, 0.25) is 0 Å². The van der Waals surface area contributed by atoms with E-state index >= 15 is 0 Å². The highest BCUT2D eigenvalue weighted by Gasteiger charge is 2.06. The average molecular weight is 263 g/mol. The van der Waals surface area contributed by atoms with Gasteiger partial charge in [-0.05, 0) is 37.4 Å².